The van der Waals surface area contributed by atoms with Crippen molar-refractivity contribution in [2.75, 3.05) is 18.1 Å². The maximum atomic E-state index is 12.3. The number of nitrogens with zero attached hydrogens (tertiary/aromatic N) is 1. The van der Waals surface area contributed by atoms with Crippen LogP contribution < -0.4 is 5.32 Å². The lowest BCUT2D eigenvalue weighted by Gasteiger charge is -2.14. The maximum absolute atomic E-state index is 12.3. The minimum Gasteiger partial charge on any atom is -0.325 e. The van der Waals surface area contributed by atoms with Gasteiger partial charge in [0.1, 0.15) is 0 Å². The second kappa shape index (κ2) is 7.53. The molecule has 0 unspecified atom stereocenters. The summed E-state index contributed by atoms with van der Waals surface area (Å²) in [7, 11) is 0. The van der Waals surface area contributed by atoms with Crippen LogP contribution in [0.25, 0.3) is 0 Å². The van der Waals surface area contributed by atoms with Crippen molar-refractivity contribution < 1.29 is 14.4 Å². The van der Waals surface area contributed by atoms with E-state index in [0.29, 0.717) is 17.5 Å². The molecule has 1 heterocycles. The van der Waals surface area contributed by atoms with E-state index >= 15 is 0 Å². The fraction of sp³-hybridized carbons (Fsp3) is 0.211. The number of hydrogen-bond donors (Lipinski definition) is 1. The Kier molecular flexibility index (Phi) is 5.19. The van der Waals surface area contributed by atoms with Gasteiger partial charge in [0, 0.05) is 17.9 Å². The maximum Gasteiger partial charge on any atom is 0.261 e. The molecule has 0 atom stereocenters. The van der Waals surface area contributed by atoms with Gasteiger partial charge in [-0.25, -0.2) is 0 Å². The topological polar surface area (TPSA) is 66.5 Å². The fourth-order valence-corrected chi connectivity index (χ4v) is 3.35. The first-order valence-electron chi connectivity index (χ1n) is 8.00. The van der Waals surface area contributed by atoms with Crippen molar-refractivity contribution in [2.24, 2.45) is 0 Å². The van der Waals surface area contributed by atoms with Gasteiger partial charge in [-0.2, -0.15) is 0 Å². The predicted molar refractivity (Wildman–Crippen MR) is 97.9 cm³/mol. The molecule has 6 heteroatoms. The average Bonchev–Trinajstić information content (AvgIpc) is 2.87. The molecule has 0 bridgehead atoms. The number of fused-ring (bicyclic) bond motifs is 1. The van der Waals surface area contributed by atoms with E-state index in [1.807, 2.05) is 30.5 Å². The van der Waals surface area contributed by atoms with Gasteiger partial charge in [-0.05, 0) is 36.9 Å². The Bertz CT molecular complexity index is 800. The molecule has 1 aliphatic heterocycles. The van der Waals surface area contributed by atoms with E-state index in [2.05, 4.69) is 5.32 Å². The molecule has 2 aromatic carbocycles. The van der Waals surface area contributed by atoms with Crippen molar-refractivity contribution in [3.8, 4) is 0 Å². The van der Waals surface area contributed by atoms with Gasteiger partial charge in [0.2, 0.25) is 5.91 Å². The minimum atomic E-state index is -0.284. The van der Waals surface area contributed by atoms with Crippen LogP contribution in [-0.2, 0) is 4.79 Å². The quantitative estimate of drug-likeness (QED) is 0.638. The first-order chi connectivity index (χ1) is 12.1. The van der Waals surface area contributed by atoms with Gasteiger partial charge in [-0.15, -0.1) is 11.8 Å². The summed E-state index contributed by atoms with van der Waals surface area (Å²) in [6.45, 7) is 0.240. The normalized spacial score (nSPS) is 13.1. The number of imide groups is 1. The predicted octanol–water partition coefficient (Wildman–Crippen LogP) is 3.42. The summed E-state index contributed by atoms with van der Waals surface area (Å²) in [5.74, 6) is -0.694. The Hall–Kier alpha value is -2.60. The van der Waals surface area contributed by atoms with E-state index in [0.717, 1.165) is 10.6 Å². The monoisotopic (exact) mass is 354 g/mol. The zero-order valence-electron chi connectivity index (χ0n) is 13.8. The largest absolute Gasteiger partial charge is 0.325 e. The number of para-hydroxylation sites is 1. The summed E-state index contributed by atoms with van der Waals surface area (Å²) >= 11 is 1.56. The summed E-state index contributed by atoms with van der Waals surface area (Å²) in [5, 5.41) is 2.88. The number of carbonyl (C=O) groups excluding carboxylic acids is 3. The van der Waals surface area contributed by atoms with Crippen LogP contribution in [0.1, 0.15) is 33.6 Å². The van der Waals surface area contributed by atoms with E-state index in [1.165, 1.54) is 4.90 Å². The van der Waals surface area contributed by atoms with E-state index in [4.69, 9.17) is 0 Å². The van der Waals surface area contributed by atoms with Crippen LogP contribution >= 0.6 is 11.8 Å². The molecule has 128 valence electrons. The van der Waals surface area contributed by atoms with Crippen molar-refractivity contribution >= 4 is 35.2 Å². The third kappa shape index (κ3) is 3.58. The number of thioether (sulfide) groups is 1. The number of hydrogen-bond acceptors (Lipinski definition) is 4. The number of nitrogens with one attached hydrogen (secondary N) is 1. The molecule has 1 aliphatic rings. The third-order valence-electron chi connectivity index (χ3n) is 4.04. The molecule has 0 saturated heterocycles. The Morgan fingerprint density at radius 2 is 1.60 bits per heavy atom. The molecule has 3 amide bonds. The molecule has 5 nitrogen and oxygen atoms in total. The fourth-order valence-electron chi connectivity index (χ4n) is 2.80. The van der Waals surface area contributed by atoms with Gasteiger partial charge >= 0.3 is 0 Å². The van der Waals surface area contributed by atoms with Crippen molar-refractivity contribution in [1.29, 1.82) is 0 Å². The number of carbonyl (C=O) groups is 3. The highest BCUT2D eigenvalue weighted by atomic mass is 32.2. The minimum absolute atomic E-state index is 0.127. The SMILES string of the molecule is CSc1ccccc1NC(=O)CCCN1C(=O)c2ccccc2C1=O. The van der Waals surface area contributed by atoms with Crippen LogP contribution in [0.4, 0.5) is 5.69 Å². The molecule has 2 aromatic rings. The zero-order valence-corrected chi connectivity index (χ0v) is 14.6. The highest BCUT2D eigenvalue weighted by Gasteiger charge is 2.34. The van der Waals surface area contributed by atoms with E-state index in [9.17, 15) is 14.4 Å². The molecule has 3 rings (SSSR count). The lowest BCUT2D eigenvalue weighted by molar-refractivity contribution is -0.116. The van der Waals surface area contributed by atoms with Gasteiger partial charge in [-0.3, -0.25) is 19.3 Å². The molecule has 0 saturated carbocycles. The molecule has 0 aliphatic carbocycles. The molecular weight excluding hydrogens is 336 g/mol. The van der Waals surface area contributed by atoms with E-state index in [-0.39, 0.29) is 30.7 Å². The van der Waals surface area contributed by atoms with Gasteiger partial charge in [-0.1, -0.05) is 24.3 Å². The molecule has 25 heavy (non-hydrogen) atoms. The van der Waals surface area contributed by atoms with Crippen molar-refractivity contribution in [3.63, 3.8) is 0 Å². The number of benzene rings is 2. The lowest BCUT2D eigenvalue weighted by Crippen LogP contribution is -2.31. The van der Waals surface area contributed by atoms with Gasteiger partial charge in [0.15, 0.2) is 0 Å². The van der Waals surface area contributed by atoms with Crippen molar-refractivity contribution in [1.82, 2.24) is 4.90 Å². The first-order valence-corrected chi connectivity index (χ1v) is 9.22. The Labute approximate surface area is 150 Å². The first kappa shape index (κ1) is 17.2. The molecule has 0 aromatic heterocycles. The Morgan fingerprint density at radius 3 is 2.24 bits per heavy atom. The summed E-state index contributed by atoms with van der Waals surface area (Å²) in [6, 6.07) is 14.4. The summed E-state index contributed by atoms with van der Waals surface area (Å²) in [6.07, 6.45) is 2.63. The van der Waals surface area contributed by atoms with Crippen LogP contribution in [0.3, 0.4) is 0 Å². The molecular formula is C19H18N2O3S. The van der Waals surface area contributed by atoms with Gasteiger partial charge in [0.25, 0.3) is 11.8 Å². The van der Waals surface area contributed by atoms with Crippen molar-refractivity contribution in [3.05, 3.63) is 59.7 Å². The zero-order chi connectivity index (χ0) is 17.8. The Balaban J connectivity index is 1.54. The summed E-state index contributed by atoms with van der Waals surface area (Å²) in [4.78, 5) is 38.9. The molecule has 0 radical (unpaired) electrons. The summed E-state index contributed by atoms with van der Waals surface area (Å²) in [5.41, 5.74) is 1.65. The second-order valence-electron chi connectivity index (χ2n) is 5.66. The smallest absolute Gasteiger partial charge is 0.261 e. The molecule has 0 spiro atoms. The second-order valence-corrected chi connectivity index (χ2v) is 6.51. The van der Waals surface area contributed by atoms with Crippen molar-refractivity contribution in [2.45, 2.75) is 17.7 Å². The van der Waals surface area contributed by atoms with Crippen LogP contribution in [0, 0.1) is 0 Å². The van der Waals surface area contributed by atoms with Gasteiger partial charge < -0.3 is 5.32 Å². The molecule has 1 N–H and O–H groups in total. The number of amides is 3. The third-order valence-corrected chi connectivity index (χ3v) is 4.84. The number of anilines is 1. The van der Waals surface area contributed by atoms with Crippen LogP contribution in [0.2, 0.25) is 0 Å². The van der Waals surface area contributed by atoms with Crippen LogP contribution in [0.5, 0.6) is 0 Å². The van der Waals surface area contributed by atoms with E-state index in [1.54, 1.807) is 36.0 Å². The molecule has 0 fully saturated rings. The summed E-state index contributed by atoms with van der Waals surface area (Å²) < 4.78 is 0. The number of rotatable bonds is 6. The highest BCUT2D eigenvalue weighted by molar-refractivity contribution is 7.98. The van der Waals surface area contributed by atoms with Crippen LogP contribution in [-0.4, -0.2) is 35.4 Å². The highest BCUT2D eigenvalue weighted by Crippen LogP contribution is 2.25. The lowest BCUT2D eigenvalue weighted by atomic mass is 10.1. The van der Waals surface area contributed by atoms with Gasteiger partial charge in [0.05, 0.1) is 16.8 Å². The van der Waals surface area contributed by atoms with Crippen LogP contribution in [0.15, 0.2) is 53.4 Å². The van der Waals surface area contributed by atoms with E-state index < -0.39 is 0 Å². The average molecular weight is 354 g/mol. The Morgan fingerprint density at radius 1 is 1.00 bits per heavy atom. The standard InChI is InChI=1S/C19H18N2O3S/c1-25-16-10-5-4-9-15(16)20-17(22)11-6-12-21-18(23)13-7-2-3-8-14(13)19(21)24/h2-5,7-10H,6,11-12H2,1H3,(H,20,22).